The summed E-state index contributed by atoms with van der Waals surface area (Å²) in [5.74, 6) is 0.580. The fourth-order valence-corrected chi connectivity index (χ4v) is 3.41. The first kappa shape index (κ1) is 22.2. The first-order chi connectivity index (χ1) is 11.2. The van der Waals surface area contributed by atoms with Crippen LogP contribution in [0.2, 0.25) is 0 Å². The molecular weight excluding hydrogens is 534 g/mol. The number of halogens is 5. The Hall–Kier alpha value is -0.820. The topological polar surface area (TPSA) is 45.5 Å². The molecule has 0 aliphatic rings. The Morgan fingerprint density at radius 1 is 1.48 bits per heavy atom. The summed E-state index contributed by atoms with van der Waals surface area (Å²) in [6.45, 7) is 0.794. The molecule has 0 atom stereocenters. The van der Waals surface area contributed by atoms with E-state index in [0.29, 0.717) is 17.5 Å². The highest BCUT2D eigenvalue weighted by atomic mass is 127. The molecule has 0 spiro atoms. The second-order valence-corrected chi connectivity index (χ2v) is 7.00. The predicted molar refractivity (Wildman–Crippen MR) is 107 cm³/mol. The van der Waals surface area contributed by atoms with Gasteiger partial charge in [0.15, 0.2) is 11.7 Å². The molecule has 0 bridgehead atoms. The quantitative estimate of drug-likeness (QED) is 0.354. The van der Waals surface area contributed by atoms with E-state index >= 15 is 0 Å². The third-order valence-corrected chi connectivity index (χ3v) is 4.57. The number of hydrogen-bond donors (Lipinski definition) is 1. The second-order valence-electron chi connectivity index (χ2n) is 5.14. The summed E-state index contributed by atoms with van der Waals surface area (Å²) in [6.07, 6.45) is -2.46. The second kappa shape index (κ2) is 9.21. The number of nitrogens with zero attached hydrogens (tertiary/aromatic N) is 4. The minimum absolute atomic E-state index is 0. The molecule has 140 valence electrons. The fraction of sp³-hybridized carbons (Fsp3) is 0.429. The molecule has 5 nitrogen and oxygen atoms in total. The number of aryl methyl sites for hydroxylation is 1. The molecule has 0 aliphatic carbocycles. The summed E-state index contributed by atoms with van der Waals surface area (Å²) in [4.78, 5) is 9.64. The molecule has 2 heterocycles. The van der Waals surface area contributed by atoms with Gasteiger partial charge in [-0.2, -0.15) is 13.2 Å². The Morgan fingerprint density at radius 2 is 2.16 bits per heavy atom. The van der Waals surface area contributed by atoms with Crippen LogP contribution in [-0.2, 0) is 26.3 Å². The number of guanidine groups is 1. The van der Waals surface area contributed by atoms with Crippen molar-refractivity contribution >= 4 is 57.2 Å². The molecule has 0 fully saturated rings. The maximum atomic E-state index is 12.6. The average molecular weight is 552 g/mol. The molecule has 0 saturated heterocycles. The number of alkyl halides is 3. The van der Waals surface area contributed by atoms with Gasteiger partial charge in [-0.15, -0.1) is 35.3 Å². The van der Waals surface area contributed by atoms with Gasteiger partial charge in [-0.3, -0.25) is 4.99 Å². The Bertz CT molecular complexity index is 728. The molecule has 0 unspecified atom stereocenters. The van der Waals surface area contributed by atoms with Crippen molar-refractivity contribution in [1.82, 2.24) is 19.8 Å². The van der Waals surface area contributed by atoms with Crippen LogP contribution in [0, 0.1) is 0 Å². The zero-order valence-corrected chi connectivity index (χ0v) is 18.5. The first-order valence-corrected chi connectivity index (χ1v) is 8.62. The van der Waals surface area contributed by atoms with Crippen molar-refractivity contribution in [2.24, 2.45) is 12.0 Å². The Morgan fingerprint density at radius 3 is 2.64 bits per heavy atom. The van der Waals surface area contributed by atoms with E-state index < -0.39 is 11.9 Å². The van der Waals surface area contributed by atoms with E-state index in [4.69, 9.17) is 0 Å². The zero-order valence-electron chi connectivity index (χ0n) is 13.8. The number of nitrogens with one attached hydrogen (secondary N) is 1. The number of thiazole rings is 1. The van der Waals surface area contributed by atoms with Crippen molar-refractivity contribution in [3.63, 3.8) is 0 Å². The average Bonchev–Trinajstić information content (AvgIpc) is 3.06. The monoisotopic (exact) mass is 551 g/mol. The summed E-state index contributed by atoms with van der Waals surface area (Å²) >= 11 is 4.40. The van der Waals surface area contributed by atoms with Crippen LogP contribution in [0.4, 0.5) is 13.2 Å². The van der Waals surface area contributed by atoms with Gasteiger partial charge in [0.25, 0.3) is 0 Å². The van der Waals surface area contributed by atoms with Crippen LogP contribution in [0.15, 0.2) is 27.1 Å². The van der Waals surface area contributed by atoms with Crippen LogP contribution in [0.5, 0.6) is 0 Å². The highest BCUT2D eigenvalue weighted by Crippen LogP contribution is 2.29. The van der Waals surface area contributed by atoms with Gasteiger partial charge in [0.1, 0.15) is 5.01 Å². The van der Waals surface area contributed by atoms with Gasteiger partial charge in [0, 0.05) is 42.9 Å². The normalized spacial score (nSPS) is 12.0. The fourth-order valence-electron chi connectivity index (χ4n) is 2.10. The minimum Gasteiger partial charge on any atom is -0.352 e. The lowest BCUT2D eigenvalue weighted by Crippen LogP contribution is -2.38. The molecule has 25 heavy (non-hydrogen) atoms. The van der Waals surface area contributed by atoms with E-state index in [0.717, 1.165) is 26.9 Å². The highest BCUT2D eigenvalue weighted by Gasteiger charge is 2.33. The molecule has 1 N–H and O–H groups in total. The molecule has 2 aromatic rings. The number of aromatic nitrogens is 2. The summed E-state index contributed by atoms with van der Waals surface area (Å²) in [5, 5.41) is 4.41. The van der Waals surface area contributed by atoms with Gasteiger partial charge in [-0.05, 0) is 22.0 Å². The molecule has 2 rings (SSSR count). The van der Waals surface area contributed by atoms with Gasteiger partial charge in [-0.1, -0.05) is 0 Å². The standard InChI is InChI=1S/C14H17BrF3N5S.HI/c1-19-13(23(3)7-10-4-9(15)6-22(10)2)20-5-12-21-11(8-24-12)14(16,17)18;/h4,6,8H,5,7H2,1-3H3,(H,19,20);1H. The molecule has 11 heteroatoms. The van der Waals surface area contributed by atoms with E-state index in [1.54, 1.807) is 7.05 Å². The number of hydrogen-bond acceptors (Lipinski definition) is 3. The van der Waals surface area contributed by atoms with Crippen LogP contribution >= 0.6 is 51.2 Å². The molecule has 0 radical (unpaired) electrons. The van der Waals surface area contributed by atoms with Gasteiger partial charge in [0.2, 0.25) is 0 Å². The van der Waals surface area contributed by atoms with Gasteiger partial charge in [0.05, 0.1) is 13.1 Å². The Kier molecular flexibility index (Phi) is 8.19. The van der Waals surface area contributed by atoms with E-state index in [9.17, 15) is 13.2 Å². The highest BCUT2D eigenvalue weighted by molar-refractivity contribution is 14.0. The van der Waals surface area contributed by atoms with Crippen molar-refractivity contribution in [3.8, 4) is 0 Å². The molecule has 0 aromatic carbocycles. The van der Waals surface area contributed by atoms with Crippen molar-refractivity contribution in [1.29, 1.82) is 0 Å². The van der Waals surface area contributed by atoms with E-state index in [1.807, 2.05) is 35.8 Å². The van der Waals surface area contributed by atoms with Gasteiger partial charge >= 0.3 is 6.18 Å². The lowest BCUT2D eigenvalue weighted by molar-refractivity contribution is -0.140. The molecule has 0 aliphatic heterocycles. The summed E-state index contributed by atoms with van der Waals surface area (Å²) in [5.41, 5.74) is 0.210. The van der Waals surface area contributed by atoms with Crippen molar-refractivity contribution in [3.05, 3.63) is 38.5 Å². The summed E-state index contributed by atoms with van der Waals surface area (Å²) in [7, 11) is 5.43. The van der Waals surface area contributed by atoms with Crippen LogP contribution in [0.3, 0.4) is 0 Å². The summed E-state index contributed by atoms with van der Waals surface area (Å²) in [6, 6.07) is 2.00. The van der Waals surface area contributed by atoms with Crippen LogP contribution in [0.1, 0.15) is 16.4 Å². The van der Waals surface area contributed by atoms with E-state index in [1.165, 1.54) is 0 Å². The Labute approximate surface area is 173 Å². The maximum Gasteiger partial charge on any atom is 0.434 e. The SMILES string of the molecule is CN=C(NCc1nc(C(F)(F)F)cs1)N(C)Cc1cc(Br)cn1C.I. The van der Waals surface area contributed by atoms with Crippen molar-refractivity contribution < 1.29 is 13.2 Å². The van der Waals surface area contributed by atoms with Crippen LogP contribution in [0.25, 0.3) is 0 Å². The lowest BCUT2D eigenvalue weighted by atomic mass is 10.4. The van der Waals surface area contributed by atoms with E-state index in [-0.39, 0.29) is 30.5 Å². The van der Waals surface area contributed by atoms with Crippen molar-refractivity contribution in [2.45, 2.75) is 19.3 Å². The smallest absolute Gasteiger partial charge is 0.352 e. The third kappa shape index (κ3) is 6.13. The van der Waals surface area contributed by atoms with Crippen LogP contribution in [-0.4, -0.2) is 34.5 Å². The third-order valence-electron chi connectivity index (χ3n) is 3.29. The minimum atomic E-state index is -4.41. The zero-order chi connectivity index (χ0) is 17.9. The molecule has 2 aromatic heterocycles. The van der Waals surface area contributed by atoms with Crippen LogP contribution < -0.4 is 5.32 Å². The number of aliphatic imine (C=N–C) groups is 1. The van der Waals surface area contributed by atoms with E-state index in [2.05, 4.69) is 31.2 Å². The number of rotatable bonds is 4. The Balaban J connectivity index is 0.00000312. The van der Waals surface area contributed by atoms with Crippen molar-refractivity contribution in [2.75, 3.05) is 14.1 Å². The van der Waals surface area contributed by atoms with Gasteiger partial charge < -0.3 is 14.8 Å². The van der Waals surface area contributed by atoms with Gasteiger partial charge in [-0.25, -0.2) is 4.98 Å². The maximum absolute atomic E-state index is 12.6. The predicted octanol–water partition coefficient (Wildman–Crippen LogP) is 4.09. The molecule has 0 saturated carbocycles. The largest absolute Gasteiger partial charge is 0.434 e. The molecule has 0 amide bonds. The summed E-state index contributed by atoms with van der Waals surface area (Å²) < 4.78 is 40.7. The molecular formula is C14H18BrF3IN5S. The lowest BCUT2D eigenvalue weighted by Gasteiger charge is -2.22. The first-order valence-electron chi connectivity index (χ1n) is 6.95.